The second-order valence-electron chi connectivity index (χ2n) is 6.73. The monoisotopic (exact) mass is 326 g/mol. The highest BCUT2D eigenvalue weighted by Crippen LogP contribution is 2.45. The maximum absolute atomic E-state index is 11.8. The van der Waals surface area contributed by atoms with Gasteiger partial charge in [0, 0.05) is 39.5 Å². The number of nitrogens with zero attached hydrogens (tertiary/aromatic N) is 3. The molecule has 5 nitrogen and oxygen atoms in total. The summed E-state index contributed by atoms with van der Waals surface area (Å²) in [4.78, 5) is 20.4. The van der Waals surface area contributed by atoms with Gasteiger partial charge in [-0.05, 0) is 30.9 Å². The lowest BCUT2D eigenvalue weighted by Gasteiger charge is -2.26. The first-order valence-electron chi connectivity index (χ1n) is 8.29. The molecule has 0 aromatic rings. The van der Waals surface area contributed by atoms with Crippen molar-refractivity contribution < 1.29 is 4.79 Å². The lowest BCUT2D eigenvalue weighted by Crippen LogP contribution is -2.42. The number of hydrogen-bond donors (Lipinski definition) is 1. The van der Waals surface area contributed by atoms with E-state index in [2.05, 4.69) is 21.5 Å². The van der Waals surface area contributed by atoms with E-state index in [1.165, 1.54) is 32.1 Å². The maximum Gasteiger partial charge on any atom is 0.243 e. The first-order valence-corrected chi connectivity index (χ1v) is 9.68. The Balaban J connectivity index is 1.97. The molecule has 1 heterocycles. The van der Waals surface area contributed by atoms with E-state index < -0.39 is 0 Å². The number of amides is 1. The molecule has 0 radical (unpaired) electrons. The van der Waals surface area contributed by atoms with E-state index in [1.54, 1.807) is 19.0 Å². The van der Waals surface area contributed by atoms with Gasteiger partial charge in [-0.1, -0.05) is 12.8 Å². The fraction of sp³-hybridized carbons (Fsp3) is 0.875. The minimum atomic E-state index is 0.0546. The lowest BCUT2D eigenvalue weighted by atomic mass is 9.86. The Morgan fingerprint density at radius 2 is 2.05 bits per heavy atom. The third-order valence-corrected chi connectivity index (χ3v) is 5.47. The van der Waals surface area contributed by atoms with Crippen LogP contribution in [0.5, 0.6) is 0 Å². The van der Waals surface area contributed by atoms with Gasteiger partial charge in [0.1, 0.15) is 6.54 Å². The summed E-state index contributed by atoms with van der Waals surface area (Å²) in [5, 5.41) is 3.45. The van der Waals surface area contributed by atoms with Crippen molar-refractivity contribution in [1.82, 2.24) is 15.1 Å². The summed E-state index contributed by atoms with van der Waals surface area (Å²) in [6.07, 6.45) is 8.85. The third-order valence-electron chi connectivity index (χ3n) is 4.85. The molecule has 1 saturated carbocycles. The SMILES string of the molecule is CSCCNC(=NCC(=O)N(C)C)N1CCC2(CCCC2)C1. The third kappa shape index (κ3) is 4.54. The molecule has 0 aromatic heterocycles. The fourth-order valence-electron chi connectivity index (χ4n) is 3.47. The van der Waals surface area contributed by atoms with Crippen molar-refractivity contribution in [3.05, 3.63) is 0 Å². The number of rotatable bonds is 5. The Kier molecular flexibility index (Phi) is 6.41. The van der Waals surface area contributed by atoms with Crippen LogP contribution in [0.25, 0.3) is 0 Å². The molecule has 1 spiro atoms. The first-order chi connectivity index (χ1) is 10.6. The van der Waals surface area contributed by atoms with Crippen LogP contribution >= 0.6 is 11.8 Å². The molecule has 126 valence electrons. The van der Waals surface area contributed by atoms with Gasteiger partial charge in [0.05, 0.1) is 0 Å². The van der Waals surface area contributed by atoms with Crippen LogP contribution in [-0.2, 0) is 4.79 Å². The summed E-state index contributed by atoms with van der Waals surface area (Å²) in [5.41, 5.74) is 0.521. The zero-order valence-corrected chi connectivity index (χ0v) is 15.0. The van der Waals surface area contributed by atoms with Crippen molar-refractivity contribution >= 4 is 23.6 Å². The topological polar surface area (TPSA) is 47.9 Å². The van der Waals surface area contributed by atoms with Crippen molar-refractivity contribution in [2.75, 3.05) is 52.3 Å². The number of likely N-dealkylation sites (N-methyl/N-ethyl adjacent to an activating group) is 1. The van der Waals surface area contributed by atoms with E-state index in [9.17, 15) is 4.79 Å². The van der Waals surface area contributed by atoms with Crippen LogP contribution in [-0.4, -0.2) is 73.9 Å². The predicted octanol–water partition coefficient (Wildman–Crippen LogP) is 1.65. The van der Waals surface area contributed by atoms with E-state index in [1.807, 2.05) is 11.8 Å². The number of aliphatic imine (C=N–C) groups is 1. The standard InChI is InChI=1S/C16H30N4OS/c1-19(2)14(21)12-18-15(17-9-11-22-3)20-10-8-16(13-20)6-4-5-7-16/h4-13H2,1-3H3,(H,17,18). The smallest absolute Gasteiger partial charge is 0.243 e. The Hall–Kier alpha value is -0.910. The Morgan fingerprint density at radius 3 is 2.68 bits per heavy atom. The van der Waals surface area contributed by atoms with Crippen LogP contribution in [0.1, 0.15) is 32.1 Å². The fourth-order valence-corrected chi connectivity index (χ4v) is 3.77. The van der Waals surface area contributed by atoms with Crippen molar-refractivity contribution in [2.24, 2.45) is 10.4 Å². The van der Waals surface area contributed by atoms with Crippen LogP contribution < -0.4 is 5.32 Å². The van der Waals surface area contributed by atoms with Gasteiger partial charge in [-0.2, -0.15) is 11.8 Å². The van der Waals surface area contributed by atoms with Gasteiger partial charge in [0.25, 0.3) is 0 Å². The summed E-state index contributed by atoms with van der Waals surface area (Å²) in [6, 6.07) is 0. The molecule has 0 bridgehead atoms. The van der Waals surface area contributed by atoms with Crippen LogP contribution in [0.4, 0.5) is 0 Å². The van der Waals surface area contributed by atoms with Gasteiger partial charge in [0.2, 0.25) is 5.91 Å². The van der Waals surface area contributed by atoms with E-state index >= 15 is 0 Å². The molecule has 2 aliphatic rings. The summed E-state index contributed by atoms with van der Waals surface area (Å²) >= 11 is 1.82. The molecular formula is C16H30N4OS. The zero-order chi connectivity index (χ0) is 16.0. The highest BCUT2D eigenvalue weighted by molar-refractivity contribution is 7.98. The molecule has 0 unspecified atom stereocenters. The second kappa shape index (κ2) is 8.09. The minimum absolute atomic E-state index is 0.0546. The van der Waals surface area contributed by atoms with E-state index in [0.29, 0.717) is 5.41 Å². The number of thioether (sulfide) groups is 1. The van der Waals surface area contributed by atoms with Gasteiger partial charge in [0.15, 0.2) is 5.96 Å². The quantitative estimate of drug-likeness (QED) is 0.474. The molecule has 1 amide bonds. The van der Waals surface area contributed by atoms with Gasteiger partial charge < -0.3 is 15.1 Å². The molecule has 1 N–H and O–H groups in total. The molecule has 1 aliphatic heterocycles. The highest BCUT2D eigenvalue weighted by Gasteiger charge is 2.41. The van der Waals surface area contributed by atoms with Gasteiger partial charge in [-0.25, -0.2) is 4.99 Å². The Bertz CT molecular complexity index is 405. The summed E-state index contributed by atoms with van der Waals surface area (Å²) < 4.78 is 0. The largest absolute Gasteiger partial charge is 0.355 e. The second-order valence-corrected chi connectivity index (χ2v) is 7.71. The summed E-state index contributed by atoms with van der Waals surface area (Å²) in [7, 11) is 3.56. The predicted molar refractivity (Wildman–Crippen MR) is 94.5 cm³/mol. The molecule has 0 atom stereocenters. The number of guanidine groups is 1. The van der Waals surface area contributed by atoms with E-state index in [0.717, 1.165) is 31.3 Å². The summed E-state index contributed by atoms with van der Waals surface area (Å²) in [5.74, 6) is 2.03. The van der Waals surface area contributed by atoms with Crippen LogP contribution in [0.2, 0.25) is 0 Å². The number of carbonyl (C=O) groups is 1. The zero-order valence-electron chi connectivity index (χ0n) is 14.2. The van der Waals surface area contributed by atoms with Gasteiger partial charge >= 0.3 is 0 Å². The number of carbonyl (C=O) groups excluding carboxylic acids is 1. The molecule has 0 aromatic carbocycles. The van der Waals surface area contributed by atoms with Crippen molar-refractivity contribution in [3.8, 4) is 0 Å². The number of likely N-dealkylation sites (tertiary alicyclic amines) is 1. The molecule has 1 aliphatic carbocycles. The first kappa shape index (κ1) is 17.4. The summed E-state index contributed by atoms with van der Waals surface area (Å²) in [6.45, 7) is 3.31. The van der Waals surface area contributed by atoms with E-state index in [4.69, 9.17) is 0 Å². The average molecular weight is 327 g/mol. The highest BCUT2D eigenvalue weighted by atomic mass is 32.2. The number of hydrogen-bond acceptors (Lipinski definition) is 3. The van der Waals surface area contributed by atoms with Crippen molar-refractivity contribution in [3.63, 3.8) is 0 Å². The van der Waals surface area contributed by atoms with Crippen LogP contribution in [0.15, 0.2) is 4.99 Å². The number of nitrogens with one attached hydrogen (secondary N) is 1. The lowest BCUT2D eigenvalue weighted by molar-refractivity contribution is -0.127. The molecular weight excluding hydrogens is 296 g/mol. The molecule has 22 heavy (non-hydrogen) atoms. The molecule has 6 heteroatoms. The minimum Gasteiger partial charge on any atom is -0.355 e. The maximum atomic E-state index is 11.8. The van der Waals surface area contributed by atoms with Crippen LogP contribution in [0.3, 0.4) is 0 Å². The Morgan fingerprint density at radius 1 is 1.32 bits per heavy atom. The van der Waals surface area contributed by atoms with Crippen molar-refractivity contribution in [2.45, 2.75) is 32.1 Å². The molecule has 2 fully saturated rings. The normalized spacial score (nSPS) is 20.7. The molecule has 2 rings (SSSR count). The van der Waals surface area contributed by atoms with E-state index in [-0.39, 0.29) is 12.5 Å². The van der Waals surface area contributed by atoms with Crippen LogP contribution in [0, 0.1) is 5.41 Å². The average Bonchev–Trinajstić information content (AvgIpc) is 3.13. The Labute approximate surface area is 138 Å². The molecule has 1 saturated heterocycles. The van der Waals surface area contributed by atoms with Crippen molar-refractivity contribution in [1.29, 1.82) is 0 Å². The van der Waals surface area contributed by atoms with Gasteiger partial charge in [-0.3, -0.25) is 4.79 Å². The van der Waals surface area contributed by atoms with Gasteiger partial charge in [-0.15, -0.1) is 0 Å².